The molecule has 0 bridgehead atoms. The molecule has 14 heavy (non-hydrogen) atoms. The van der Waals surface area contributed by atoms with Crippen molar-refractivity contribution in [3.05, 3.63) is 48.0 Å². The molecule has 2 heteroatoms. The minimum absolute atomic E-state index is 0.218. The molecule has 0 saturated heterocycles. The summed E-state index contributed by atoms with van der Waals surface area (Å²) < 4.78 is 5.23. The summed E-state index contributed by atoms with van der Waals surface area (Å²) in [5.74, 6) is 0.218. The number of ether oxygens (including phenoxy) is 1. The van der Waals surface area contributed by atoms with E-state index in [4.69, 9.17) is 10.1 Å². The van der Waals surface area contributed by atoms with Gasteiger partial charge in [-0.15, -0.1) is 0 Å². The van der Waals surface area contributed by atoms with E-state index in [1.165, 1.54) is 0 Å². The topological polar surface area (TPSA) is 33.1 Å². The Bertz CT molecular complexity index is 303. The van der Waals surface area contributed by atoms with Crippen LogP contribution in [0.4, 0.5) is 0 Å². The summed E-state index contributed by atoms with van der Waals surface area (Å²) in [5.41, 5.74) is 1.09. The molecule has 1 aromatic carbocycles. The second kappa shape index (κ2) is 5.97. The summed E-state index contributed by atoms with van der Waals surface area (Å²) in [6.45, 7) is 2.49. The van der Waals surface area contributed by atoms with Crippen LogP contribution in [-0.4, -0.2) is 5.90 Å². The van der Waals surface area contributed by atoms with Gasteiger partial charge in [0.25, 0.3) is 0 Å². The molecule has 0 heterocycles. The molecular weight excluding hydrogens is 174 g/mol. The number of hydrogen-bond acceptors (Lipinski definition) is 2. The van der Waals surface area contributed by atoms with Crippen molar-refractivity contribution in [2.75, 3.05) is 0 Å². The number of rotatable bonds is 4. The third-order valence-corrected chi connectivity index (χ3v) is 1.74. The summed E-state index contributed by atoms with van der Waals surface area (Å²) >= 11 is 0. The molecule has 0 radical (unpaired) electrons. The first-order valence-electron chi connectivity index (χ1n) is 4.74. The minimum Gasteiger partial charge on any atom is -0.473 e. The van der Waals surface area contributed by atoms with Crippen LogP contribution in [0.1, 0.15) is 18.9 Å². The largest absolute Gasteiger partial charge is 0.473 e. The van der Waals surface area contributed by atoms with E-state index in [9.17, 15) is 0 Å². The maximum absolute atomic E-state index is 7.43. The Morgan fingerprint density at radius 1 is 1.36 bits per heavy atom. The lowest BCUT2D eigenvalue weighted by Crippen LogP contribution is -1.99. The molecule has 1 rings (SSSR count). The minimum atomic E-state index is 0.218. The Balaban J connectivity index is 2.34. The fraction of sp³-hybridized carbons (Fsp3) is 0.250. The lowest BCUT2D eigenvalue weighted by Gasteiger charge is -2.03. The normalized spacial score (nSPS) is 10.4. The summed E-state index contributed by atoms with van der Waals surface area (Å²) in [4.78, 5) is 0. The maximum atomic E-state index is 7.43. The highest BCUT2D eigenvalue weighted by Gasteiger charge is 1.93. The molecule has 0 aliphatic carbocycles. The zero-order chi connectivity index (χ0) is 10.2. The monoisotopic (exact) mass is 189 g/mol. The van der Waals surface area contributed by atoms with E-state index in [-0.39, 0.29) is 5.90 Å². The van der Waals surface area contributed by atoms with Crippen molar-refractivity contribution in [3.8, 4) is 0 Å². The first-order chi connectivity index (χ1) is 6.83. The van der Waals surface area contributed by atoms with Crippen LogP contribution in [0.2, 0.25) is 0 Å². The average Bonchev–Trinajstić information content (AvgIpc) is 2.25. The lowest BCUT2D eigenvalue weighted by molar-refractivity contribution is 0.292. The smallest absolute Gasteiger partial charge is 0.205 e. The highest BCUT2D eigenvalue weighted by atomic mass is 16.5. The molecule has 1 aromatic rings. The zero-order valence-electron chi connectivity index (χ0n) is 8.36. The van der Waals surface area contributed by atoms with Gasteiger partial charge in [-0.25, -0.2) is 0 Å². The summed E-state index contributed by atoms with van der Waals surface area (Å²) in [6, 6.07) is 9.85. The van der Waals surface area contributed by atoms with Crippen molar-refractivity contribution < 1.29 is 4.74 Å². The number of benzene rings is 1. The Kier molecular flexibility index (Phi) is 4.48. The standard InChI is InChI=1S/C12H15NO/c1-2-3-9-12(13)14-10-11-7-5-4-6-8-11/h3-9,13H,2,10H2,1H3/b9-3-,13-12?. The molecule has 74 valence electrons. The second-order valence-electron chi connectivity index (χ2n) is 2.95. The molecule has 0 aliphatic rings. The molecular formula is C12H15NO. The van der Waals surface area contributed by atoms with Crippen LogP contribution >= 0.6 is 0 Å². The van der Waals surface area contributed by atoms with Gasteiger partial charge in [0.15, 0.2) is 0 Å². The van der Waals surface area contributed by atoms with Crippen molar-refractivity contribution in [1.29, 1.82) is 5.41 Å². The zero-order valence-corrected chi connectivity index (χ0v) is 8.36. The van der Waals surface area contributed by atoms with E-state index >= 15 is 0 Å². The highest BCUT2D eigenvalue weighted by Crippen LogP contribution is 2.00. The fourth-order valence-electron chi connectivity index (χ4n) is 1.01. The van der Waals surface area contributed by atoms with E-state index in [2.05, 4.69) is 0 Å². The van der Waals surface area contributed by atoms with Gasteiger partial charge in [-0.05, 0) is 18.1 Å². The van der Waals surface area contributed by atoms with Crippen LogP contribution in [0.25, 0.3) is 0 Å². The maximum Gasteiger partial charge on any atom is 0.205 e. The Labute approximate surface area is 84.7 Å². The third kappa shape index (κ3) is 3.90. The van der Waals surface area contributed by atoms with E-state index < -0.39 is 0 Å². The van der Waals surface area contributed by atoms with Gasteiger partial charge in [0.1, 0.15) is 6.61 Å². The van der Waals surface area contributed by atoms with Crippen molar-refractivity contribution in [2.45, 2.75) is 20.0 Å². The van der Waals surface area contributed by atoms with E-state index in [1.54, 1.807) is 6.08 Å². The number of nitrogens with one attached hydrogen (secondary N) is 1. The van der Waals surface area contributed by atoms with Crippen molar-refractivity contribution in [2.24, 2.45) is 0 Å². The molecule has 0 amide bonds. The molecule has 0 atom stereocenters. The molecule has 0 aliphatic heterocycles. The molecule has 2 nitrogen and oxygen atoms in total. The van der Waals surface area contributed by atoms with E-state index in [0.29, 0.717) is 6.61 Å². The Hall–Kier alpha value is -1.57. The van der Waals surface area contributed by atoms with Crippen LogP contribution in [0.5, 0.6) is 0 Å². The van der Waals surface area contributed by atoms with Crippen molar-refractivity contribution in [3.63, 3.8) is 0 Å². The third-order valence-electron chi connectivity index (χ3n) is 1.74. The first-order valence-corrected chi connectivity index (χ1v) is 4.74. The van der Waals surface area contributed by atoms with Gasteiger partial charge in [0.05, 0.1) is 0 Å². The lowest BCUT2D eigenvalue weighted by atomic mass is 10.2. The first kappa shape index (κ1) is 10.5. The molecule has 0 fully saturated rings. The second-order valence-corrected chi connectivity index (χ2v) is 2.95. The highest BCUT2D eigenvalue weighted by molar-refractivity contribution is 5.84. The van der Waals surface area contributed by atoms with E-state index in [0.717, 1.165) is 12.0 Å². The molecule has 0 aromatic heterocycles. The quantitative estimate of drug-likeness (QED) is 0.572. The molecule has 0 saturated carbocycles. The van der Waals surface area contributed by atoms with Crippen LogP contribution in [0, 0.1) is 5.41 Å². The summed E-state index contributed by atoms with van der Waals surface area (Å²) in [6.07, 6.45) is 4.52. The van der Waals surface area contributed by atoms with Crippen molar-refractivity contribution >= 4 is 5.90 Å². The van der Waals surface area contributed by atoms with Crippen molar-refractivity contribution in [1.82, 2.24) is 0 Å². The number of allylic oxidation sites excluding steroid dienone is 1. The SMILES string of the molecule is CC/C=C\C(=N)OCc1ccccc1. The average molecular weight is 189 g/mol. The Morgan fingerprint density at radius 2 is 2.07 bits per heavy atom. The van der Waals surface area contributed by atoms with Gasteiger partial charge in [0.2, 0.25) is 5.90 Å². The van der Waals surface area contributed by atoms with Gasteiger partial charge < -0.3 is 4.74 Å². The van der Waals surface area contributed by atoms with Crippen LogP contribution in [0.3, 0.4) is 0 Å². The molecule has 0 unspecified atom stereocenters. The van der Waals surface area contributed by atoms with Gasteiger partial charge in [-0.3, -0.25) is 5.41 Å². The predicted molar refractivity (Wildman–Crippen MR) is 58.4 cm³/mol. The van der Waals surface area contributed by atoms with E-state index in [1.807, 2.05) is 43.3 Å². The predicted octanol–water partition coefficient (Wildman–Crippen LogP) is 3.15. The summed E-state index contributed by atoms with van der Waals surface area (Å²) in [5, 5.41) is 7.43. The number of hydrogen-bond donors (Lipinski definition) is 1. The molecule has 0 spiro atoms. The summed E-state index contributed by atoms with van der Waals surface area (Å²) in [7, 11) is 0. The van der Waals surface area contributed by atoms with Gasteiger partial charge in [-0.1, -0.05) is 43.3 Å². The molecule has 1 N–H and O–H groups in total. The van der Waals surface area contributed by atoms with Crippen LogP contribution in [0.15, 0.2) is 42.5 Å². The van der Waals surface area contributed by atoms with Crippen LogP contribution < -0.4 is 0 Å². The van der Waals surface area contributed by atoms with Gasteiger partial charge >= 0.3 is 0 Å². The fourth-order valence-corrected chi connectivity index (χ4v) is 1.01. The Morgan fingerprint density at radius 3 is 2.71 bits per heavy atom. The van der Waals surface area contributed by atoms with Gasteiger partial charge in [-0.2, -0.15) is 0 Å². The van der Waals surface area contributed by atoms with Crippen LogP contribution in [-0.2, 0) is 11.3 Å². The van der Waals surface area contributed by atoms with Gasteiger partial charge in [0, 0.05) is 0 Å².